The number of benzene rings is 1. The number of carboxylic acids is 1. The predicted molar refractivity (Wildman–Crippen MR) is 80.2 cm³/mol. The quantitative estimate of drug-likeness (QED) is 0.411. The van der Waals surface area contributed by atoms with Gasteiger partial charge in [0.15, 0.2) is 5.78 Å². The zero-order valence-corrected chi connectivity index (χ0v) is 11.8. The third kappa shape index (κ3) is 6.18. The minimum absolute atomic E-state index is 0.0397. The second-order valence-electron chi connectivity index (χ2n) is 4.49. The highest BCUT2D eigenvalue weighted by Crippen LogP contribution is 2.13. The Morgan fingerprint density at radius 1 is 1.25 bits per heavy atom. The Balaban J connectivity index is 2.50. The van der Waals surface area contributed by atoms with Crippen LogP contribution in [0.5, 0.6) is 0 Å². The molecule has 108 valence electrons. The van der Waals surface area contributed by atoms with E-state index in [4.69, 9.17) is 5.11 Å². The largest absolute Gasteiger partial charge is 0.481 e. The van der Waals surface area contributed by atoms with E-state index in [9.17, 15) is 9.59 Å². The van der Waals surface area contributed by atoms with Gasteiger partial charge in [-0.2, -0.15) is 0 Å². The first kappa shape index (κ1) is 16.0. The zero-order valence-electron chi connectivity index (χ0n) is 11.8. The van der Waals surface area contributed by atoms with Gasteiger partial charge in [0, 0.05) is 24.2 Å². The Bertz CT molecular complexity index is 480. The summed E-state index contributed by atoms with van der Waals surface area (Å²) in [6, 6.07) is 7.19. The van der Waals surface area contributed by atoms with E-state index in [1.165, 1.54) is 0 Å². The van der Waals surface area contributed by atoms with Crippen molar-refractivity contribution in [2.75, 3.05) is 11.9 Å². The minimum atomic E-state index is -0.949. The van der Waals surface area contributed by atoms with Crippen molar-refractivity contribution >= 4 is 17.4 Å². The summed E-state index contributed by atoms with van der Waals surface area (Å²) in [5, 5.41) is 11.8. The van der Waals surface area contributed by atoms with E-state index < -0.39 is 5.97 Å². The molecule has 0 atom stereocenters. The molecule has 1 aromatic carbocycles. The Morgan fingerprint density at radius 3 is 2.75 bits per heavy atom. The normalized spacial score (nSPS) is 10.7. The van der Waals surface area contributed by atoms with Crippen LogP contribution in [-0.2, 0) is 4.79 Å². The molecule has 0 spiro atoms. The molecule has 4 nitrogen and oxygen atoms in total. The Morgan fingerprint density at radius 2 is 2.05 bits per heavy atom. The smallest absolute Gasteiger partial charge is 0.303 e. The fraction of sp³-hybridized carbons (Fsp3) is 0.375. The summed E-state index contributed by atoms with van der Waals surface area (Å²) >= 11 is 0. The molecule has 0 saturated heterocycles. The van der Waals surface area contributed by atoms with Crippen molar-refractivity contribution in [2.45, 2.75) is 32.6 Å². The molecule has 0 bridgehead atoms. The Hall–Kier alpha value is -2.10. The van der Waals surface area contributed by atoms with Crippen molar-refractivity contribution < 1.29 is 14.7 Å². The highest BCUT2D eigenvalue weighted by molar-refractivity contribution is 5.98. The maximum Gasteiger partial charge on any atom is 0.303 e. The molecule has 0 saturated carbocycles. The summed E-state index contributed by atoms with van der Waals surface area (Å²) in [7, 11) is 0. The Labute approximate surface area is 119 Å². The van der Waals surface area contributed by atoms with Crippen molar-refractivity contribution in [1.82, 2.24) is 0 Å². The van der Waals surface area contributed by atoms with E-state index in [0.29, 0.717) is 5.56 Å². The number of nitrogens with one attached hydrogen (secondary N) is 1. The third-order valence-electron chi connectivity index (χ3n) is 2.79. The lowest BCUT2D eigenvalue weighted by molar-refractivity contribution is -0.136. The van der Waals surface area contributed by atoms with Crippen molar-refractivity contribution in [2.24, 2.45) is 0 Å². The molecular weight excluding hydrogens is 254 g/mol. The number of Topliss-reactive ketones (excluding diaryl/α,β-unsaturated/α-hetero) is 1. The van der Waals surface area contributed by atoms with Gasteiger partial charge in [0.2, 0.25) is 0 Å². The summed E-state index contributed by atoms with van der Waals surface area (Å²) in [5.41, 5.74) is 1.44. The highest BCUT2D eigenvalue weighted by atomic mass is 16.4. The van der Waals surface area contributed by atoms with E-state index in [-0.39, 0.29) is 18.6 Å². The fourth-order valence-electron chi connectivity index (χ4n) is 1.75. The molecule has 0 aliphatic heterocycles. The maximum atomic E-state index is 11.8. The van der Waals surface area contributed by atoms with Gasteiger partial charge in [-0.1, -0.05) is 31.2 Å². The number of hydrogen-bond donors (Lipinski definition) is 2. The van der Waals surface area contributed by atoms with Gasteiger partial charge in [-0.3, -0.25) is 9.59 Å². The third-order valence-corrected chi connectivity index (χ3v) is 2.79. The van der Waals surface area contributed by atoms with E-state index >= 15 is 0 Å². The van der Waals surface area contributed by atoms with E-state index in [1.54, 1.807) is 18.2 Å². The number of hydrogen-bond acceptors (Lipinski definition) is 3. The number of rotatable bonds is 9. The first-order valence-electron chi connectivity index (χ1n) is 6.87. The van der Waals surface area contributed by atoms with Gasteiger partial charge in [0.1, 0.15) is 0 Å². The molecular formula is C16H21NO3. The summed E-state index contributed by atoms with van der Waals surface area (Å²) < 4.78 is 0. The SMILES string of the molecule is CC/C=C/CCNc1cccc(C(=O)CCC(=O)O)c1. The van der Waals surface area contributed by atoms with Gasteiger partial charge >= 0.3 is 5.97 Å². The molecule has 0 aliphatic carbocycles. The number of carboxylic acid groups (broad SMARTS) is 1. The van der Waals surface area contributed by atoms with Gasteiger partial charge in [-0.05, 0) is 25.0 Å². The first-order chi connectivity index (χ1) is 9.63. The van der Waals surface area contributed by atoms with E-state index in [2.05, 4.69) is 24.4 Å². The lowest BCUT2D eigenvalue weighted by atomic mass is 10.1. The lowest BCUT2D eigenvalue weighted by Crippen LogP contribution is -2.05. The average Bonchev–Trinajstić information content (AvgIpc) is 2.45. The van der Waals surface area contributed by atoms with E-state index in [1.807, 2.05) is 6.07 Å². The van der Waals surface area contributed by atoms with Crippen LogP contribution in [0.1, 0.15) is 43.0 Å². The zero-order chi connectivity index (χ0) is 14.8. The molecule has 1 rings (SSSR count). The van der Waals surface area contributed by atoms with Crippen LogP contribution in [0.4, 0.5) is 5.69 Å². The molecule has 0 aromatic heterocycles. The summed E-state index contributed by atoms with van der Waals surface area (Å²) in [6.07, 6.45) is 6.12. The minimum Gasteiger partial charge on any atom is -0.481 e. The van der Waals surface area contributed by atoms with Gasteiger partial charge in [-0.25, -0.2) is 0 Å². The van der Waals surface area contributed by atoms with Crippen LogP contribution in [0.2, 0.25) is 0 Å². The second-order valence-corrected chi connectivity index (χ2v) is 4.49. The van der Waals surface area contributed by atoms with Crippen molar-refractivity contribution in [3.8, 4) is 0 Å². The average molecular weight is 275 g/mol. The number of ketones is 1. The van der Waals surface area contributed by atoms with Crippen LogP contribution in [0.15, 0.2) is 36.4 Å². The number of anilines is 1. The second kappa shape index (κ2) is 8.91. The van der Waals surface area contributed by atoms with E-state index in [0.717, 1.165) is 25.1 Å². The molecule has 1 aromatic rings. The van der Waals surface area contributed by atoms with Gasteiger partial charge in [-0.15, -0.1) is 0 Å². The van der Waals surface area contributed by atoms with Crippen LogP contribution >= 0.6 is 0 Å². The van der Waals surface area contributed by atoms with Crippen molar-refractivity contribution in [3.05, 3.63) is 42.0 Å². The van der Waals surface area contributed by atoms with Gasteiger partial charge in [0.25, 0.3) is 0 Å². The van der Waals surface area contributed by atoms with Crippen LogP contribution in [0, 0.1) is 0 Å². The summed E-state index contributed by atoms with van der Waals surface area (Å²) in [5.74, 6) is -1.09. The molecule has 0 heterocycles. The lowest BCUT2D eigenvalue weighted by Gasteiger charge is -2.06. The molecule has 0 amide bonds. The van der Waals surface area contributed by atoms with Crippen molar-refractivity contribution in [1.29, 1.82) is 0 Å². The predicted octanol–water partition coefficient (Wildman–Crippen LogP) is 3.50. The van der Waals surface area contributed by atoms with Gasteiger partial charge < -0.3 is 10.4 Å². The number of carbonyl (C=O) groups excluding carboxylic acids is 1. The molecule has 0 unspecified atom stereocenters. The highest BCUT2D eigenvalue weighted by Gasteiger charge is 2.08. The first-order valence-corrected chi connectivity index (χ1v) is 6.87. The number of aliphatic carboxylic acids is 1. The van der Waals surface area contributed by atoms with Crippen LogP contribution in [0.3, 0.4) is 0 Å². The number of allylic oxidation sites excluding steroid dienone is 1. The molecule has 0 fully saturated rings. The molecule has 0 aliphatic rings. The maximum absolute atomic E-state index is 11.8. The van der Waals surface area contributed by atoms with Crippen LogP contribution < -0.4 is 5.32 Å². The van der Waals surface area contributed by atoms with Crippen LogP contribution in [-0.4, -0.2) is 23.4 Å². The number of carbonyl (C=O) groups is 2. The fourth-order valence-corrected chi connectivity index (χ4v) is 1.75. The van der Waals surface area contributed by atoms with Crippen LogP contribution in [0.25, 0.3) is 0 Å². The molecule has 2 N–H and O–H groups in total. The molecule has 4 heteroatoms. The van der Waals surface area contributed by atoms with Crippen molar-refractivity contribution in [3.63, 3.8) is 0 Å². The van der Waals surface area contributed by atoms with Gasteiger partial charge in [0.05, 0.1) is 6.42 Å². The topological polar surface area (TPSA) is 66.4 Å². The standard InChI is InChI=1S/C16H21NO3/c1-2-3-4-5-11-17-14-8-6-7-13(12-14)15(18)9-10-16(19)20/h3-4,6-8,12,17H,2,5,9-11H2,1H3,(H,19,20)/b4-3+. The molecule has 0 radical (unpaired) electrons. The molecule has 20 heavy (non-hydrogen) atoms. The summed E-state index contributed by atoms with van der Waals surface area (Å²) in [4.78, 5) is 22.3. The Kier molecular flexibility index (Phi) is 7.11. The monoisotopic (exact) mass is 275 g/mol. The summed E-state index contributed by atoms with van der Waals surface area (Å²) in [6.45, 7) is 2.90.